The smallest absolute Gasteiger partial charge is 0.115 e. The fraction of sp³-hybridized carbons (Fsp3) is 0.353. The van der Waals surface area contributed by atoms with Crippen molar-refractivity contribution < 1.29 is 0 Å². The van der Waals surface area contributed by atoms with Crippen molar-refractivity contribution in [3.63, 3.8) is 0 Å². The lowest BCUT2D eigenvalue weighted by Crippen LogP contribution is -2.32. The van der Waals surface area contributed by atoms with Crippen molar-refractivity contribution in [3.05, 3.63) is 54.4 Å². The summed E-state index contributed by atoms with van der Waals surface area (Å²) in [5.41, 5.74) is 3.40. The summed E-state index contributed by atoms with van der Waals surface area (Å²) in [6.07, 6.45) is 7.68. The van der Waals surface area contributed by atoms with E-state index in [0.717, 1.165) is 49.3 Å². The molecule has 112 valence electrons. The van der Waals surface area contributed by atoms with E-state index in [1.807, 2.05) is 18.5 Å². The van der Waals surface area contributed by atoms with E-state index in [9.17, 15) is 0 Å². The van der Waals surface area contributed by atoms with Gasteiger partial charge >= 0.3 is 0 Å². The van der Waals surface area contributed by atoms with Gasteiger partial charge in [0, 0.05) is 30.4 Å². The molecule has 1 aliphatic rings. The first-order valence-electron chi connectivity index (χ1n) is 7.79. The van der Waals surface area contributed by atoms with Gasteiger partial charge in [-0.3, -0.25) is 4.90 Å². The monoisotopic (exact) mass is 293 g/mol. The normalized spacial score (nSPS) is 17.1. The first-order valence-corrected chi connectivity index (χ1v) is 7.79. The fourth-order valence-corrected chi connectivity index (χ4v) is 3.20. The number of benzene rings is 1. The van der Waals surface area contributed by atoms with Crippen LogP contribution in [0, 0.1) is 0 Å². The number of likely N-dealkylation sites (tertiary alicyclic amines) is 1. The Labute approximate surface area is 129 Å². The third-order valence-electron chi connectivity index (χ3n) is 4.40. The summed E-state index contributed by atoms with van der Waals surface area (Å²) in [6.45, 7) is 3.13. The zero-order valence-electron chi connectivity index (χ0n) is 12.4. The van der Waals surface area contributed by atoms with Gasteiger partial charge < -0.3 is 4.98 Å². The van der Waals surface area contributed by atoms with Crippen LogP contribution in [0.1, 0.15) is 30.1 Å². The van der Waals surface area contributed by atoms with Gasteiger partial charge in [0.15, 0.2) is 0 Å². The highest BCUT2D eigenvalue weighted by atomic mass is 15.1. The van der Waals surface area contributed by atoms with Crippen LogP contribution in [-0.4, -0.2) is 37.9 Å². The molecule has 1 N–H and O–H groups in total. The van der Waals surface area contributed by atoms with Crippen LogP contribution in [0.4, 0.5) is 0 Å². The van der Waals surface area contributed by atoms with Crippen LogP contribution in [0.25, 0.3) is 11.0 Å². The molecule has 1 saturated heterocycles. The zero-order valence-corrected chi connectivity index (χ0v) is 12.4. The molecular weight excluding hydrogens is 274 g/mol. The highest BCUT2D eigenvalue weighted by Gasteiger charge is 2.23. The molecule has 5 nitrogen and oxygen atoms in total. The number of aromatic amines is 1. The molecule has 0 saturated carbocycles. The van der Waals surface area contributed by atoms with Gasteiger partial charge in [0.05, 0.1) is 11.0 Å². The van der Waals surface area contributed by atoms with E-state index in [2.05, 4.69) is 38.1 Å². The lowest BCUT2D eigenvalue weighted by atomic mass is 9.96. The number of imidazole rings is 1. The molecule has 1 fully saturated rings. The number of fused-ring (bicyclic) bond motifs is 1. The standard InChI is InChI=1S/C17H19N5/c1-2-4-16-15(3-1)20-17(21-16)14-5-7-22(8-6-14)11-13-9-18-12-19-10-13/h1-4,9-10,12,14H,5-8,11H2,(H,20,21). The van der Waals surface area contributed by atoms with E-state index in [4.69, 9.17) is 4.98 Å². The van der Waals surface area contributed by atoms with Gasteiger partial charge in [-0.25, -0.2) is 15.0 Å². The maximum atomic E-state index is 4.75. The van der Waals surface area contributed by atoms with E-state index in [1.165, 1.54) is 5.56 Å². The van der Waals surface area contributed by atoms with Crippen LogP contribution < -0.4 is 0 Å². The van der Waals surface area contributed by atoms with E-state index in [-0.39, 0.29) is 0 Å². The van der Waals surface area contributed by atoms with Crippen LogP contribution in [0.15, 0.2) is 43.0 Å². The first-order chi connectivity index (χ1) is 10.9. The molecule has 5 heteroatoms. The van der Waals surface area contributed by atoms with Gasteiger partial charge in [-0.15, -0.1) is 0 Å². The summed E-state index contributed by atoms with van der Waals surface area (Å²) in [5.74, 6) is 1.68. The SMILES string of the molecule is c1ccc2[nH]c(C3CCN(Cc4cncnc4)CC3)nc2c1. The second kappa shape index (κ2) is 5.85. The molecule has 1 aliphatic heterocycles. The summed E-state index contributed by atoms with van der Waals surface area (Å²) in [7, 11) is 0. The predicted octanol–water partition coefficient (Wildman–Crippen LogP) is 2.73. The van der Waals surface area contributed by atoms with Crippen LogP contribution in [0.5, 0.6) is 0 Å². The minimum atomic E-state index is 0.538. The Hall–Kier alpha value is -2.27. The summed E-state index contributed by atoms with van der Waals surface area (Å²) >= 11 is 0. The Morgan fingerprint density at radius 1 is 1.09 bits per heavy atom. The Balaban J connectivity index is 1.41. The van der Waals surface area contributed by atoms with Gasteiger partial charge in [-0.2, -0.15) is 0 Å². The van der Waals surface area contributed by atoms with E-state index in [1.54, 1.807) is 6.33 Å². The minimum absolute atomic E-state index is 0.538. The summed E-state index contributed by atoms with van der Waals surface area (Å²) in [4.78, 5) is 18.9. The molecule has 0 atom stereocenters. The Bertz CT molecular complexity index is 711. The van der Waals surface area contributed by atoms with Gasteiger partial charge in [-0.1, -0.05) is 12.1 Å². The average Bonchev–Trinajstić information content (AvgIpc) is 3.00. The fourth-order valence-electron chi connectivity index (χ4n) is 3.20. The number of nitrogens with zero attached hydrogens (tertiary/aromatic N) is 4. The van der Waals surface area contributed by atoms with Crippen LogP contribution in [0.3, 0.4) is 0 Å². The van der Waals surface area contributed by atoms with E-state index < -0.39 is 0 Å². The Kier molecular flexibility index (Phi) is 3.56. The molecule has 2 aromatic heterocycles. The number of piperidine rings is 1. The molecule has 0 amide bonds. The average molecular weight is 293 g/mol. The number of hydrogen-bond donors (Lipinski definition) is 1. The van der Waals surface area contributed by atoms with Crippen molar-refractivity contribution in [2.45, 2.75) is 25.3 Å². The molecular formula is C17H19N5. The number of hydrogen-bond acceptors (Lipinski definition) is 4. The van der Waals surface area contributed by atoms with Crippen LogP contribution >= 0.6 is 0 Å². The molecule has 0 aliphatic carbocycles. The number of aromatic nitrogens is 4. The van der Waals surface area contributed by atoms with Crippen LogP contribution in [0.2, 0.25) is 0 Å². The maximum absolute atomic E-state index is 4.75. The van der Waals surface area contributed by atoms with Gasteiger partial charge in [0.1, 0.15) is 12.2 Å². The predicted molar refractivity (Wildman–Crippen MR) is 85.4 cm³/mol. The molecule has 22 heavy (non-hydrogen) atoms. The molecule has 0 spiro atoms. The topological polar surface area (TPSA) is 57.7 Å². The third kappa shape index (κ3) is 2.72. The number of rotatable bonds is 3. The second-order valence-electron chi connectivity index (χ2n) is 5.94. The summed E-state index contributed by atoms with van der Waals surface area (Å²) < 4.78 is 0. The first kappa shape index (κ1) is 13.4. The Morgan fingerprint density at radius 3 is 2.64 bits per heavy atom. The summed E-state index contributed by atoms with van der Waals surface area (Å²) in [6, 6.07) is 8.25. The van der Waals surface area contributed by atoms with Crippen LogP contribution in [-0.2, 0) is 6.54 Å². The van der Waals surface area contributed by atoms with E-state index in [0.29, 0.717) is 5.92 Å². The molecule has 0 radical (unpaired) electrons. The van der Waals surface area contributed by atoms with Crippen molar-refractivity contribution in [1.82, 2.24) is 24.8 Å². The number of para-hydroxylation sites is 2. The quantitative estimate of drug-likeness (QED) is 0.806. The zero-order chi connectivity index (χ0) is 14.8. The molecule has 1 aromatic carbocycles. The second-order valence-corrected chi connectivity index (χ2v) is 5.94. The molecule has 0 bridgehead atoms. The van der Waals surface area contributed by atoms with Crippen molar-refractivity contribution in [3.8, 4) is 0 Å². The third-order valence-corrected chi connectivity index (χ3v) is 4.40. The molecule has 3 aromatic rings. The maximum Gasteiger partial charge on any atom is 0.115 e. The number of nitrogens with one attached hydrogen (secondary N) is 1. The van der Waals surface area contributed by atoms with E-state index >= 15 is 0 Å². The molecule has 0 unspecified atom stereocenters. The Morgan fingerprint density at radius 2 is 1.86 bits per heavy atom. The van der Waals surface area contributed by atoms with Crippen molar-refractivity contribution >= 4 is 11.0 Å². The minimum Gasteiger partial charge on any atom is -0.342 e. The van der Waals surface area contributed by atoms with Crippen molar-refractivity contribution in [1.29, 1.82) is 0 Å². The van der Waals surface area contributed by atoms with Gasteiger partial charge in [-0.05, 0) is 38.1 Å². The lowest BCUT2D eigenvalue weighted by Gasteiger charge is -2.30. The molecule has 4 rings (SSSR count). The molecule has 3 heterocycles. The highest BCUT2D eigenvalue weighted by molar-refractivity contribution is 5.74. The highest BCUT2D eigenvalue weighted by Crippen LogP contribution is 2.28. The van der Waals surface area contributed by atoms with Crippen molar-refractivity contribution in [2.75, 3.05) is 13.1 Å². The van der Waals surface area contributed by atoms with Crippen molar-refractivity contribution in [2.24, 2.45) is 0 Å². The largest absolute Gasteiger partial charge is 0.342 e. The number of H-pyrrole nitrogens is 1. The van der Waals surface area contributed by atoms with Gasteiger partial charge in [0.2, 0.25) is 0 Å². The van der Waals surface area contributed by atoms with Gasteiger partial charge in [0.25, 0.3) is 0 Å². The lowest BCUT2D eigenvalue weighted by molar-refractivity contribution is 0.202. The summed E-state index contributed by atoms with van der Waals surface area (Å²) in [5, 5.41) is 0.